The highest BCUT2D eigenvalue weighted by Gasteiger charge is 2.48. The summed E-state index contributed by atoms with van der Waals surface area (Å²) in [6, 6.07) is 0. The number of fused-ring (bicyclic) bond motifs is 3. The van der Waals surface area contributed by atoms with Crippen molar-refractivity contribution in [3.05, 3.63) is 48.9 Å². The van der Waals surface area contributed by atoms with E-state index in [9.17, 15) is 0 Å². The first-order chi connectivity index (χ1) is 10.4. The highest BCUT2D eigenvalue weighted by Crippen LogP contribution is 2.49. The number of aromatic nitrogens is 2. The quantitative estimate of drug-likeness (QED) is 0.484. The van der Waals surface area contributed by atoms with E-state index in [1.165, 1.54) is 5.70 Å². The molecule has 1 aromatic heterocycles. The number of imidazole rings is 1. The second kappa shape index (κ2) is 4.93. The maximum absolute atomic E-state index is 5.47. The number of nitrogens with zero attached hydrogens (tertiary/aromatic N) is 3. The SMILES string of the molecule is CCOCSc1cnc2n1C1=CC=CCC13C=CC=CN23. The van der Waals surface area contributed by atoms with Gasteiger partial charge in [0, 0.05) is 12.8 Å². The van der Waals surface area contributed by atoms with Gasteiger partial charge in [0.1, 0.15) is 10.6 Å². The molecule has 0 N–H and O–H groups in total. The molecule has 0 saturated carbocycles. The fraction of sp³-hybridized carbons (Fsp3) is 0.312. The Morgan fingerprint density at radius 2 is 2.33 bits per heavy atom. The van der Waals surface area contributed by atoms with Crippen LogP contribution < -0.4 is 4.90 Å². The molecule has 4 rings (SSSR count). The van der Waals surface area contributed by atoms with Crippen LogP contribution in [0, 0.1) is 0 Å². The van der Waals surface area contributed by atoms with Crippen LogP contribution in [0.5, 0.6) is 0 Å². The number of hydrogen-bond donors (Lipinski definition) is 0. The summed E-state index contributed by atoms with van der Waals surface area (Å²) in [6.07, 6.45) is 18.1. The standard InChI is InChI=1S/C16H17N3OS/c1-2-20-12-21-14-11-17-15-18-10-6-5-9-16(18)8-4-3-7-13(16)19(14)15/h3-7,9-11H,2,8,12H2,1H3. The van der Waals surface area contributed by atoms with Gasteiger partial charge in [-0.05, 0) is 25.5 Å². The van der Waals surface area contributed by atoms with Crippen LogP contribution >= 0.6 is 11.8 Å². The van der Waals surface area contributed by atoms with Gasteiger partial charge in [-0.3, -0.25) is 4.57 Å². The molecule has 0 amide bonds. The number of ether oxygens (including phenoxy) is 1. The van der Waals surface area contributed by atoms with Crippen LogP contribution in [0.2, 0.25) is 0 Å². The Hall–Kier alpha value is -1.72. The topological polar surface area (TPSA) is 30.3 Å². The van der Waals surface area contributed by atoms with Crippen LogP contribution in [0.4, 0.5) is 5.95 Å². The Bertz CT molecular complexity index is 686. The summed E-state index contributed by atoms with van der Waals surface area (Å²) in [5.74, 6) is 1.65. The predicted octanol–water partition coefficient (Wildman–Crippen LogP) is 3.41. The van der Waals surface area contributed by atoms with Crippen molar-refractivity contribution in [1.29, 1.82) is 0 Å². The van der Waals surface area contributed by atoms with Crippen molar-refractivity contribution in [2.75, 3.05) is 17.4 Å². The lowest BCUT2D eigenvalue weighted by Gasteiger charge is -2.37. The van der Waals surface area contributed by atoms with E-state index in [1.54, 1.807) is 11.8 Å². The molecule has 1 atom stereocenters. The highest BCUT2D eigenvalue weighted by molar-refractivity contribution is 7.99. The van der Waals surface area contributed by atoms with Gasteiger partial charge in [0.05, 0.1) is 17.8 Å². The molecule has 1 aromatic rings. The van der Waals surface area contributed by atoms with Crippen LogP contribution in [0.25, 0.3) is 5.70 Å². The van der Waals surface area contributed by atoms with E-state index < -0.39 is 0 Å². The Balaban J connectivity index is 1.78. The normalized spacial score (nSPS) is 24.8. The van der Waals surface area contributed by atoms with Crippen molar-refractivity contribution in [3.63, 3.8) is 0 Å². The first-order valence-corrected chi connectivity index (χ1v) is 8.17. The third-order valence-corrected chi connectivity index (χ3v) is 4.94. The average Bonchev–Trinajstić information content (AvgIpc) is 3.04. The summed E-state index contributed by atoms with van der Waals surface area (Å²) in [5.41, 5.74) is 1.17. The third-order valence-electron chi connectivity index (χ3n) is 4.07. The zero-order valence-corrected chi connectivity index (χ0v) is 12.7. The van der Waals surface area contributed by atoms with E-state index in [4.69, 9.17) is 4.74 Å². The van der Waals surface area contributed by atoms with E-state index in [-0.39, 0.29) is 5.54 Å². The molecule has 0 aromatic carbocycles. The zero-order valence-electron chi connectivity index (χ0n) is 11.9. The smallest absolute Gasteiger partial charge is 0.216 e. The molecule has 108 valence electrons. The molecular formula is C16H17N3OS. The molecule has 0 fully saturated rings. The number of thioether (sulfide) groups is 1. The Morgan fingerprint density at radius 1 is 1.38 bits per heavy atom. The van der Waals surface area contributed by atoms with Gasteiger partial charge in [-0.15, -0.1) is 0 Å². The predicted molar refractivity (Wildman–Crippen MR) is 86.1 cm³/mol. The number of anilines is 1. The van der Waals surface area contributed by atoms with Crippen molar-refractivity contribution in [2.24, 2.45) is 0 Å². The second-order valence-corrected chi connectivity index (χ2v) is 6.11. The van der Waals surface area contributed by atoms with Crippen molar-refractivity contribution in [3.8, 4) is 0 Å². The Kier molecular flexibility index (Phi) is 3.05. The maximum atomic E-state index is 5.47. The third kappa shape index (κ3) is 1.77. The van der Waals surface area contributed by atoms with Gasteiger partial charge in [-0.2, -0.15) is 0 Å². The summed E-state index contributed by atoms with van der Waals surface area (Å²) in [5, 5.41) is 1.13. The van der Waals surface area contributed by atoms with Crippen LogP contribution in [-0.2, 0) is 4.74 Å². The van der Waals surface area contributed by atoms with Crippen LogP contribution in [-0.4, -0.2) is 27.6 Å². The monoisotopic (exact) mass is 299 g/mol. The number of rotatable bonds is 4. The second-order valence-electron chi connectivity index (χ2n) is 5.17. The fourth-order valence-corrected chi connectivity index (χ4v) is 3.93. The molecule has 3 heterocycles. The molecule has 4 nitrogen and oxygen atoms in total. The van der Waals surface area contributed by atoms with E-state index in [1.807, 2.05) is 13.1 Å². The Labute approximate surface area is 128 Å². The molecule has 1 aliphatic carbocycles. The summed E-state index contributed by atoms with van der Waals surface area (Å²) in [4.78, 5) is 6.91. The van der Waals surface area contributed by atoms with Gasteiger partial charge in [0.2, 0.25) is 5.95 Å². The van der Waals surface area contributed by atoms with Crippen LogP contribution in [0.1, 0.15) is 13.3 Å². The van der Waals surface area contributed by atoms with Crippen molar-refractivity contribution in [2.45, 2.75) is 23.9 Å². The summed E-state index contributed by atoms with van der Waals surface area (Å²) >= 11 is 1.69. The van der Waals surface area contributed by atoms with Crippen molar-refractivity contribution < 1.29 is 4.74 Å². The van der Waals surface area contributed by atoms with Crippen molar-refractivity contribution in [1.82, 2.24) is 9.55 Å². The molecule has 1 unspecified atom stereocenters. The highest BCUT2D eigenvalue weighted by atomic mass is 32.2. The number of allylic oxidation sites excluding steroid dienone is 4. The molecule has 0 bridgehead atoms. The van der Waals surface area contributed by atoms with E-state index in [0.29, 0.717) is 5.94 Å². The van der Waals surface area contributed by atoms with Gasteiger partial charge < -0.3 is 9.64 Å². The molecule has 2 aliphatic heterocycles. The van der Waals surface area contributed by atoms with E-state index in [0.717, 1.165) is 24.0 Å². The van der Waals surface area contributed by atoms with Crippen LogP contribution in [0.3, 0.4) is 0 Å². The van der Waals surface area contributed by atoms with Gasteiger partial charge in [-0.25, -0.2) is 4.98 Å². The first kappa shape index (κ1) is 13.0. The molecular weight excluding hydrogens is 282 g/mol. The zero-order chi connectivity index (χ0) is 14.3. The van der Waals surface area contributed by atoms with Gasteiger partial charge in [0.25, 0.3) is 0 Å². The molecule has 21 heavy (non-hydrogen) atoms. The minimum Gasteiger partial charge on any atom is -0.371 e. The lowest BCUT2D eigenvalue weighted by atomic mass is 9.85. The lowest BCUT2D eigenvalue weighted by molar-refractivity contribution is 0.199. The van der Waals surface area contributed by atoms with Gasteiger partial charge in [0.15, 0.2) is 0 Å². The minimum atomic E-state index is -0.103. The largest absolute Gasteiger partial charge is 0.371 e. The summed E-state index contributed by atoms with van der Waals surface area (Å²) in [7, 11) is 0. The molecule has 0 saturated heterocycles. The molecule has 3 aliphatic rings. The molecule has 5 heteroatoms. The lowest BCUT2D eigenvalue weighted by Crippen LogP contribution is -2.43. The number of hydrogen-bond acceptors (Lipinski definition) is 4. The fourth-order valence-electron chi connectivity index (χ4n) is 3.12. The van der Waals surface area contributed by atoms with Crippen molar-refractivity contribution >= 4 is 23.4 Å². The first-order valence-electron chi connectivity index (χ1n) is 7.18. The summed E-state index contributed by atoms with van der Waals surface area (Å²) < 4.78 is 7.72. The average molecular weight is 299 g/mol. The minimum absolute atomic E-state index is 0.103. The summed E-state index contributed by atoms with van der Waals surface area (Å²) in [6.45, 7) is 2.75. The van der Waals surface area contributed by atoms with Crippen LogP contribution in [0.15, 0.2) is 53.9 Å². The van der Waals surface area contributed by atoms with E-state index in [2.05, 4.69) is 57.1 Å². The Morgan fingerprint density at radius 3 is 3.24 bits per heavy atom. The maximum Gasteiger partial charge on any atom is 0.216 e. The van der Waals surface area contributed by atoms with Gasteiger partial charge in [-0.1, -0.05) is 36.1 Å². The molecule has 1 spiro atoms. The van der Waals surface area contributed by atoms with Gasteiger partial charge >= 0.3 is 0 Å². The van der Waals surface area contributed by atoms with E-state index >= 15 is 0 Å². The molecule has 0 radical (unpaired) electrons.